The molecule has 0 saturated heterocycles. The van der Waals surface area contributed by atoms with Crippen LogP contribution in [-0.4, -0.2) is 46.0 Å². The Hall–Kier alpha value is -3.26. The van der Waals surface area contributed by atoms with Crippen molar-refractivity contribution in [1.29, 1.82) is 0 Å². The second-order valence-electron chi connectivity index (χ2n) is 9.42. The number of H-pyrrole nitrogens is 1. The molecule has 2 aromatic heterocycles. The molecule has 2 heterocycles. The zero-order valence-corrected chi connectivity index (χ0v) is 20.2. The Balaban J connectivity index is 2.05. The summed E-state index contributed by atoms with van der Waals surface area (Å²) in [7, 11) is 4.06. The minimum atomic E-state index is -0.609. The lowest BCUT2D eigenvalue weighted by Gasteiger charge is -2.16. The molecule has 0 unspecified atom stereocenters. The highest BCUT2D eigenvalue weighted by Gasteiger charge is 2.21. The van der Waals surface area contributed by atoms with Crippen molar-refractivity contribution >= 4 is 22.6 Å². The molecule has 0 atom stereocenters. The number of hydrogen-bond donors (Lipinski definition) is 2. The fourth-order valence-electron chi connectivity index (χ4n) is 3.61. The molecule has 8 nitrogen and oxygen atoms in total. The van der Waals surface area contributed by atoms with Crippen molar-refractivity contribution < 1.29 is 4.79 Å². The van der Waals surface area contributed by atoms with Crippen LogP contribution in [0, 0.1) is 5.92 Å². The summed E-state index contributed by atoms with van der Waals surface area (Å²) >= 11 is 0. The fraction of sp³-hybridized carbons (Fsp3) is 0.440. The maximum atomic E-state index is 13.3. The second kappa shape index (κ2) is 10.1. The third kappa shape index (κ3) is 5.76. The number of fused-ring (bicyclic) bond motifs is 1. The molecule has 3 aromatic rings. The van der Waals surface area contributed by atoms with Gasteiger partial charge in [-0.25, -0.2) is 9.78 Å². The first-order valence-electron chi connectivity index (χ1n) is 11.3. The quantitative estimate of drug-likeness (QED) is 0.548. The van der Waals surface area contributed by atoms with Gasteiger partial charge in [0.1, 0.15) is 0 Å². The number of pyridine rings is 1. The average Bonchev–Trinajstić information content (AvgIpc) is 2.74. The van der Waals surface area contributed by atoms with E-state index in [-0.39, 0.29) is 28.4 Å². The van der Waals surface area contributed by atoms with Crippen LogP contribution in [0.2, 0.25) is 0 Å². The van der Waals surface area contributed by atoms with Crippen LogP contribution in [0.5, 0.6) is 0 Å². The number of rotatable bonds is 8. The zero-order valence-electron chi connectivity index (χ0n) is 20.2. The average molecular weight is 452 g/mol. The van der Waals surface area contributed by atoms with Crippen molar-refractivity contribution in [2.45, 2.75) is 46.6 Å². The van der Waals surface area contributed by atoms with Crippen molar-refractivity contribution in [3.63, 3.8) is 0 Å². The SMILES string of the molecule is CC(C)Cn1c(=O)[nH]c(=O)c2c(C(=O)Nc3ccc(CCN(C)C)cc3)cc(C(C)C)nc21. The highest BCUT2D eigenvalue weighted by molar-refractivity contribution is 6.11. The Morgan fingerprint density at radius 3 is 2.36 bits per heavy atom. The number of aromatic nitrogens is 3. The summed E-state index contributed by atoms with van der Waals surface area (Å²) in [4.78, 5) is 47.7. The van der Waals surface area contributed by atoms with Crippen LogP contribution >= 0.6 is 0 Å². The van der Waals surface area contributed by atoms with Crippen molar-refractivity contribution in [3.8, 4) is 0 Å². The molecule has 1 amide bonds. The summed E-state index contributed by atoms with van der Waals surface area (Å²) in [6.07, 6.45) is 0.913. The number of hydrogen-bond acceptors (Lipinski definition) is 5. The molecule has 33 heavy (non-hydrogen) atoms. The molecule has 0 aliphatic rings. The van der Waals surface area contributed by atoms with Crippen LogP contribution in [0.15, 0.2) is 39.9 Å². The molecule has 176 valence electrons. The Morgan fingerprint density at radius 2 is 1.79 bits per heavy atom. The van der Waals surface area contributed by atoms with Gasteiger partial charge in [-0.05, 0) is 56.1 Å². The van der Waals surface area contributed by atoms with E-state index in [1.54, 1.807) is 6.07 Å². The molecule has 8 heteroatoms. The standard InChI is InChI=1S/C25H33N5O3/c1-15(2)14-30-22-21(24(32)28-25(30)33)19(13-20(27-22)16(3)4)23(31)26-18-9-7-17(8-10-18)11-12-29(5)6/h7-10,13,15-16H,11-12,14H2,1-6H3,(H,26,31)(H,28,32,33). The normalized spacial score (nSPS) is 11.7. The van der Waals surface area contributed by atoms with Crippen LogP contribution in [0.4, 0.5) is 5.69 Å². The topological polar surface area (TPSA) is 100 Å². The Kier molecular flexibility index (Phi) is 7.48. The summed E-state index contributed by atoms with van der Waals surface area (Å²) in [5.41, 5.74) is 1.78. The lowest BCUT2D eigenvalue weighted by molar-refractivity contribution is 0.102. The van der Waals surface area contributed by atoms with Crippen LogP contribution < -0.4 is 16.6 Å². The van der Waals surface area contributed by atoms with E-state index in [0.717, 1.165) is 13.0 Å². The van der Waals surface area contributed by atoms with Gasteiger partial charge in [0, 0.05) is 24.5 Å². The molecule has 0 fully saturated rings. The van der Waals surface area contributed by atoms with E-state index in [9.17, 15) is 14.4 Å². The predicted octanol–water partition coefficient (Wildman–Crippen LogP) is 3.22. The van der Waals surface area contributed by atoms with Crippen LogP contribution in [0.1, 0.15) is 55.2 Å². The summed E-state index contributed by atoms with van der Waals surface area (Å²) in [5.74, 6) is -0.242. The number of carbonyl (C=O) groups is 1. The van der Waals surface area contributed by atoms with Gasteiger partial charge in [0.15, 0.2) is 5.65 Å². The lowest BCUT2D eigenvalue weighted by Crippen LogP contribution is -2.33. The predicted molar refractivity (Wildman–Crippen MR) is 132 cm³/mol. The highest BCUT2D eigenvalue weighted by Crippen LogP contribution is 2.21. The van der Waals surface area contributed by atoms with Gasteiger partial charge >= 0.3 is 5.69 Å². The van der Waals surface area contributed by atoms with Crippen molar-refractivity contribution in [3.05, 3.63) is 68.0 Å². The van der Waals surface area contributed by atoms with Gasteiger partial charge in [0.25, 0.3) is 11.5 Å². The number of benzene rings is 1. The lowest BCUT2D eigenvalue weighted by atomic mass is 10.0. The van der Waals surface area contributed by atoms with Gasteiger partial charge in [-0.2, -0.15) is 0 Å². The molecule has 0 radical (unpaired) electrons. The van der Waals surface area contributed by atoms with E-state index in [2.05, 4.69) is 20.2 Å². The first-order valence-corrected chi connectivity index (χ1v) is 11.3. The van der Waals surface area contributed by atoms with Gasteiger partial charge in [0.2, 0.25) is 0 Å². The first kappa shape index (κ1) is 24.4. The van der Waals surface area contributed by atoms with Gasteiger partial charge in [-0.1, -0.05) is 39.8 Å². The highest BCUT2D eigenvalue weighted by atomic mass is 16.2. The second-order valence-corrected chi connectivity index (χ2v) is 9.42. The maximum absolute atomic E-state index is 13.3. The van der Waals surface area contributed by atoms with E-state index in [1.807, 2.05) is 66.1 Å². The molecule has 2 N–H and O–H groups in total. The third-order valence-corrected chi connectivity index (χ3v) is 5.41. The minimum absolute atomic E-state index is 0.0128. The molecule has 0 bridgehead atoms. The number of nitrogens with zero attached hydrogens (tertiary/aromatic N) is 3. The van der Waals surface area contributed by atoms with Crippen molar-refractivity contribution in [1.82, 2.24) is 19.4 Å². The van der Waals surface area contributed by atoms with E-state index in [1.165, 1.54) is 10.1 Å². The van der Waals surface area contributed by atoms with Crippen molar-refractivity contribution in [2.24, 2.45) is 5.92 Å². The number of likely N-dealkylation sites (N-methyl/N-ethyl adjacent to an activating group) is 1. The molecular weight excluding hydrogens is 418 g/mol. The molecule has 3 rings (SSSR count). The molecular formula is C25H33N5O3. The largest absolute Gasteiger partial charge is 0.330 e. The van der Waals surface area contributed by atoms with Gasteiger partial charge in [-0.15, -0.1) is 0 Å². The number of amides is 1. The summed E-state index contributed by atoms with van der Waals surface area (Å²) in [6.45, 7) is 9.20. The Bertz CT molecular complexity index is 1250. The molecule has 1 aromatic carbocycles. The monoisotopic (exact) mass is 451 g/mol. The Morgan fingerprint density at radius 1 is 1.12 bits per heavy atom. The van der Waals surface area contributed by atoms with Crippen LogP contribution in [0.25, 0.3) is 11.0 Å². The van der Waals surface area contributed by atoms with Gasteiger partial charge in [0.05, 0.1) is 10.9 Å². The van der Waals surface area contributed by atoms with E-state index < -0.39 is 17.2 Å². The number of aromatic amines is 1. The number of carbonyl (C=O) groups excluding carboxylic acids is 1. The molecule has 0 spiro atoms. The third-order valence-electron chi connectivity index (χ3n) is 5.41. The van der Waals surface area contributed by atoms with Crippen LogP contribution in [0.3, 0.4) is 0 Å². The van der Waals surface area contributed by atoms with Gasteiger partial charge in [-0.3, -0.25) is 19.1 Å². The zero-order chi connectivity index (χ0) is 24.3. The Labute approximate surface area is 193 Å². The maximum Gasteiger partial charge on any atom is 0.330 e. The van der Waals surface area contributed by atoms with E-state index in [0.29, 0.717) is 17.9 Å². The minimum Gasteiger partial charge on any atom is -0.322 e. The van der Waals surface area contributed by atoms with E-state index >= 15 is 0 Å². The van der Waals surface area contributed by atoms with Crippen molar-refractivity contribution in [2.75, 3.05) is 26.0 Å². The first-order chi connectivity index (χ1) is 15.6. The van der Waals surface area contributed by atoms with Gasteiger partial charge < -0.3 is 10.2 Å². The number of anilines is 1. The molecule has 0 aliphatic carbocycles. The van der Waals surface area contributed by atoms with E-state index in [4.69, 9.17) is 0 Å². The summed E-state index contributed by atoms with van der Waals surface area (Å²) < 4.78 is 1.45. The summed E-state index contributed by atoms with van der Waals surface area (Å²) in [6, 6.07) is 9.32. The number of nitrogens with one attached hydrogen (secondary N) is 2. The fourth-order valence-corrected chi connectivity index (χ4v) is 3.61. The summed E-state index contributed by atoms with van der Waals surface area (Å²) in [5, 5.41) is 3.02. The van der Waals surface area contributed by atoms with Crippen LogP contribution in [-0.2, 0) is 13.0 Å². The smallest absolute Gasteiger partial charge is 0.322 e. The molecule has 0 saturated carbocycles. The molecule has 0 aliphatic heterocycles.